The zero-order valence-corrected chi connectivity index (χ0v) is 11.4. The number of para-hydroxylation sites is 1. The van der Waals surface area contributed by atoms with Crippen molar-refractivity contribution < 1.29 is 14.0 Å². The molecule has 0 spiro atoms. The van der Waals surface area contributed by atoms with Gasteiger partial charge in [0.05, 0.1) is 26.9 Å². The molecule has 0 atom stereocenters. The fraction of sp³-hybridized carbons (Fsp3) is 0. The first-order chi connectivity index (χ1) is 9.50. The highest BCUT2D eigenvalue weighted by Gasteiger charge is 2.38. The Morgan fingerprint density at radius 3 is 1.90 bits per heavy atom. The SMILES string of the molecule is O=C1c2cc(Cl)c(Cl)cc2C(=O)N1c1ccccc1F. The van der Waals surface area contributed by atoms with Gasteiger partial charge in [0.2, 0.25) is 0 Å². The molecule has 1 aliphatic heterocycles. The van der Waals surface area contributed by atoms with Crippen molar-refractivity contribution in [2.75, 3.05) is 4.90 Å². The Morgan fingerprint density at radius 2 is 1.40 bits per heavy atom. The first-order valence-corrected chi connectivity index (χ1v) is 6.38. The standard InChI is InChI=1S/C14H6Cl2FNO2/c15-9-5-7-8(6-10(9)16)14(20)18(13(7)19)12-4-2-1-3-11(12)17/h1-6H. The first kappa shape index (κ1) is 13.1. The number of carbonyl (C=O) groups excluding carboxylic acids is 2. The lowest BCUT2D eigenvalue weighted by Crippen LogP contribution is -2.30. The molecule has 100 valence electrons. The highest BCUT2D eigenvalue weighted by Crippen LogP contribution is 2.34. The van der Waals surface area contributed by atoms with Gasteiger partial charge in [0.15, 0.2) is 0 Å². The van der Waals surface area contributed by atoms with Crippen LogP contribution in [-0.4, -0.2) is 11.8 Å². The Hall–Kier alpha value is -1.91. The Morgan fingerprint density at radius 1 is 0.900 bits per heavy atom. The minimum absolute atomic E-state index is 0.0917. The summed E-state index contributed by atoms with van der Waals surface area (Å²) in [5.41, 5.74) is 0.145. The summed E-state index contributed by atoms with van der Waals surface area (Å²) in [6.07, 6.45) is 0. The predicted octanol–water partition coefficient (Wildman–Crippen LogP) is 3.93. The molecule has 0 unspecified atom stereocenters. The normalized spacial score (nSPS) is 13.8. The van der Waals surface area contributed by atoms with Gasteiger partial charge in [0, 0.05) is 0 Å². The largest absolute Gasteiger partial charge is 0.268 e. The molecular weight excluding hydrogens is 304 g/mol. The van der Waals surface area contributed by atoms with E-state index in [1.165, 1.54) is 30.3 Å². The summed E-state index contributed by atoms with van der Waals surface area (Å²) in [6.45, 7) is 0. The molecular formula is C14H6Cl2FNO2. The van der Waals surface area contributed by atoms with Gasteiger partial charge in [-0.2, -0.15) is 0 Å². The average molecular weight is 310 g/mol. The van der Waals surface area contributed by atoms with Gasteiger partial charge < -0.3 is 0 Å². The fourth-order valence-electron chi connectivity index (χ4n) is 2.09. The number of rotatable bonds is 1. The van der Waals surface area contributed by atoms with Crippen molar-refractivity contribution in [3.05, 3.63) is 63.4 Å². The Balaban J connectivity index is 2.17. The third kappa shape index (κ3) is 1.80. The van der Waals surface area contributed by atoms with E-state index in [2.05, 4.69) is 0 Å². The van der Waals surface area contributed by atoms with Crippen LogP contribution in [0.4, 0.5) is 10.1 Å². The third-order valence-electron chi connectivity index (χ3n) is 3.02. The van der Waals surface area contributed by atoms with Crippen molar-refractivity contribution >= 4 is 40.7 Å². The second-order valence-corrected chi connectivity index (χ2v) is 5.02. The van der Waals surface area contributed by atoms with Gasteiger partial charge >= 0.3 is 0 Å². The summed E-state index contributed by atoms with van der Waals surface area (Å²) in [7, 11) is 0. The van der Waals surface area contributed by atoms with Crippen molar-refractivity contribution in [3.8, 4) is 0 Å². The van der Waals surface area contributed by atoms with Crippen LogP contribution >= 0.6 is 23.2 Å². The maximum absolute atomic E-state index is 13.8. The molecule has 2 aromatic rings. The van der Waals surface area contributed by atoms with Crippen LogP contribution in [0.25, 0.3) is 0 Å². The molecule has 1 aliphatic rings. The van der Waals surface area contributed by atoms with E-state index in [0.29, 0.717) is 0 Å². The molecule has 0 saturated heterocycles. The van der Waals surface area contributed by atoms with E-state index in [1.54, 1.807) is 6.07 Å². The molecule has 0 fully saturated rings. The first-order valence-electron chi connectivity index (χ1n) is 5.63. The van der Waals surface area contributed by atoms with Crippen LogP contribution in [-0.2, 0) is 0 Å². The van der Waals surface area contributed by atoms with Crippen molar-refractivity contribution in [3.63, 3.8) is 0 Å². The number of hydrogen-bond donors (Lipinski definition) is 0. The second kappa shape index (κ2) is 4.58. The number of carbonyl (C=O) groups is 2. The second-order valence-electron chi connectivity index (χ2n) is 4.21. The van der Waals surface area contributed by atoms with Gasteiger partial charge in [0.1, 0.15) is 5.82 Å². The lowest BCUT2D eigenvalue weighted by Gasteiger charge is -2.14. The lowest BCUT2D eigenvalue weighted by atomic mass is 10.1. The molecule has 3 rings (SSSR count). The van der Waals surface area contributed by atoms with Crippen LogP contribution in [0.3, 0.4) is 0 Å². The van der Waals surface area contributed by atoms with Crippen molar-refractivity contribution in [2.45, 2.75) is 0 Å². The number of hydrogen-bond acceptors (Lipinski definition) is 2. The van der Waals surface area contributed by atoms with Gasteiger partial charge in [-0.1, -0.05) is 35.3 Å². The number of nitrogens with zero attached hydrogens (tertiary/aromatic N) is 1. The quantitative estimate of drug-likeness (QED) is 0.748. The van der Waals surface area contributed by atoms with Crippen molar-refractivity contribution in [1.29, 1.82) is 0 Å². The Labute approximate surface area is 123 Å². The van der Waals surface area contributed by atoms with E-state index >= 15 is 0 Å². The van der Waals surface area contributed by atoms with Gasteiger partial charge in [-0.25, -0.2) is 9.29 Å². The minimum atomic E-state index is -0.654. The van der Waals surface area contributed by atoms with E-state index < -0.39 is 17.6 Å². The average Bonchev–Trinajstić information content (AvgIpc) is 2.64. The van der Waals surface area contributed by atoms with Gasteiger partial charge in [-0.3, -0.25) is 9.59 Å². The van der Waals surface area contributed by atoms with Crippen LogP contribution in [0.1, 0.15) is 20.7 Å². The topological polar surface area (TPSA) is 37.4 Å². The lowest BCUT2D eigenvalue weighted by molar-refractivity contribution is 0.0925. The molecule has 20 heavy (non-hydrogen) atoms. The molecule has 1 heterocycles. The summed E-state index contributed by atoms with van der Waals surface area (Å²) < 4.78 is 13.8. The third-order valence-corrected chi connectivity index (χ3v) is 3.74. The minimum Gasteiger partial charge on any atom is -0.268 e. The van der Waals surface area contributed by atoms with Gasteiger partial charge in [0.25, 0.3) is 11.8 Å². The molecule has 2 aromatic carbocycles. The molecule has 0 aromatic heterocycles. The predicted molar refractivity (Wildman–Crippen MR) is 74.0 cm³/mol. The van der Waals surface area contributed by atoms with Gasteiger partial charge in [-0.15, -0.1) is 0 Å². The monoisotopic (exact) mass is 309 g/mol. The van der Waals surface area contributed by atoms with Crippen LogP contribution < -0.4 is 4.90 Å². The molecule has 2 amide bonds. The van der Waals surface area contributed by atoms with E-state index in [0.717, 1.165) is 4.90 Å². The summed E-state index contributed by atoms with van der Waals surface area (Å²) in [4.78, 5) is 25.3. The molecule has 0 N–H and O–H groups in total. The van der Waals surface area contributed by atoms with E-state index in [-0.39, 0.29) is 26.9 Å². The maximum Gasteiger partial charge on any atom is 0.266 e. The summed E-state index contributed by atoms with van der Waals surface area (Å²) in [5, 5.41) is 0.337. The van der Waals surface area contributed by atoms with Crippen LogP contribution in [0.2, 0.25) is 10.0 Å². The maximum atomic E-state index is 13.8. The van der Waals surface area contributed by atoms with Crippen LogP contribution in [0, 0.1) is 5.82 Å². The van der Waals surface area contributed by atoms with E-state index in [1.807, 2.05) is 0 Å². The fourth-order valence-corrected chi connectivity index (χ4v) is 2.41. The molecule has 0 saturated carbocycles. The zero-order valence-electron chi connectivity index (χ0n) is 9.86. The number of amides is 2. The number of halogens is 3. The highest BCUT2D eigenvalue weighted by molar-refractivity contribution is 6.44. The number of imide groups is 1. The number of benzene rings is 2. The number of anilines is 1. The Bertz CT molecular complexity index is 720. The highest BCUT2D eigenvalue weighted by atomic mass is 35.5. The zero-order chi connectivity index (χ0) is 14.4. The van der Waals surface area contributed by atoms with Crippen LogP contribution in [0.15, 0.2) is 36.4 Å². The van der Waals surface area contributed by atoms with E-state index in [4.69, 9.17) is 23.2 Å². The van der Waals surface area contributed by atoms with Crippen molar-refractivity contribution in [2.24, 2.45) is 0 Å². The van der Waals surface area contributed by atoms with E-state index in [9.17, 15) is 14.0 Å². The number of fused-ring (bicyclic) bond motifs is 1. The summed E-state index contributed by atoms with van der Waals surface area (Å²) >= 11 is 11.7. The van der Waals surface area contributed by atoms with Crippen molar-refractivity contribution in [1.82, 2.24) is 0 Å². The molecule has 6 heteroatoms. The molecule has 3 nitrogen and oxygen atoms in total. The van der Waals surface area contributed by atoms with Gasteiger partial charge in [-0.05, 0) is 24.3 Å². The van der Waals surface area contributed by atoms with Crippen LogP contribution in [0.5, 0.6) is 0 Å². The smallest absolute Gasteiger partial charge is 0.266 e. The molecule has 0 bridgehead atoms. The Kier molecular flexibility index (Phi) is 3.00. The molecule has 0 radical (unpaired) electrons. The summed E-state index contributed by atoms with van der Waals surface area (Å²) in [5.74, 6) is -1.89. The summed E-state index contributed by atoms with van der Waals surface area (Å²) in [6, 6.07) is 8.20. The molecule has 0 aliphatic carbocycles.